The molecule has 4 rings (SSSR count). The number of anilines is 2. The van der Waals surface area contributed by atoms with Crippen LogP contribution in [0.2, 0.25) is 0 Å². The summed E-state index contributed by atoms with van der Waals surface area (Å²) in [4.78, 5) is 48.4. The number of ether oxygens (including phenoxy) is 1. The van der Waals surface area contributed by atoms with Crippen LogP contribution in [0.1, 0.15) is 43.7 Å². The molecule has 3 aromatic heterocycles. The van der Waals surface area contributed by atoms with Crippen molar-refractivity contribution in [3.63, 3.8) is 0 Å². The maximum absolute atomic E-state index is 13.1. The number of carbonyl (C=O) groups is 2. The first-order chi connectivity index (χ1) is 19.3. The molecular formula is C29H35N7O4. The highest BCUT2D eigenvalue weighted by molar-refractivity contribution is 6.04. The molecule has 0 atom stereocenters. The normalized spacial score (nSPS) is 10.2. The number of benzene rings is 1. The molecule has 11 heteroatoms. The van der Waals surface area contributed by atoms with Gasteiger partial charge in [-0.2, -0.15) is 0 Å². The minimum atomic E-state index is -0.554. The second kappa shape index (κ2) is 13.7. The number of hydrogen-bond acceptors (Lipinski definition) is 6. The Morgan fingerprint density at radius 1 is 0.925 bits per heavy atom. The van der Waals surface area contributed by atoms with Crippen LogP contribution in [0.4, 0.5) is 16.4 Å². The first-order valence-corrected chi connectivity index (χ1v) is 13.1. The van der Waals surface area contributed by atoms with Crippen molar-refractivity contribution < 1.29 is 14.3 Å². The summed E-state index contributed by atoms with van der Waals surface area (Å²) in [5.41, 5.74) is 0.802. The lowest BCUT2D eigenvalue weighted by atomic mass is 10.2. The summed E-state index contributed by atoms with van der Waals surface area (Å²) in [6.07, 6.45) is 2.98. The van der Waals surface area contributed by atoms with E-state index in [1.54, 1.807) is 60.0 Å². The summed E-state index contributed by atoms with van der Waals surface area (Å²) >= 11 is 0. The van der Waals surface area contributed by atoms with E-state index in [1.807, 2.05) is 45.9 Å². The van der Waals surface area contributed by atoms with Gasteiger partial charge in [0.2, 0.25) is 0 Å². The summed E-state index contributed by atoms with van der Waals surface area (Å²) in [6.45, 7) is 10.7. The number of nitrogens with zero attached hydrogens (tertiary/aromatic N) is 5. The van der Waals surface area contributed by atoms with E-state index in [4.69, 9.17) is 4.74 Å². The summed E-state index contributed by atoms with van der Waals surface area (Å²) in [5, 5.41) is 5.43. The molecular weight excluding hydrogens is 510 g/mol. The van der Waals surface area contributed by atoms with E-state index in [-0.39, 0.29) is 17.4 Å². The second-order valence-corrected chi connectivity index (χ2v) is 8.35. The predicted octanol–water partition coefficient (Wildman–Crippen LogP) is 5.22. The molecule has 0 aliphatic carbocycles. The van der Waals surface area contributed by atoms with Crippen molar-refractivity contribution in [2.45, 2.75) is 34.6 Å². The Morgan fingerprint density at radius 3 is 2.25 bits per heavy atom. The van der Waals surface area contributed by atoms with Gasteiger partial charge in [0, 0.05) is 32.4 Å². The third-order valence-corrected chi connectivity index (χ3v) is 6.01. The van der Waals surface area contributed by atoms with Crippen LogP contribution in [-0.4, -0.2) is 49.3 Å². The van der Waals surface area contributed by atoms with Gasteiger partial charge >= 0.3 is 6.03 Å². The van der Waals surface area contributed by atoms with E-state index >= 15 is 0 Å². The Hall–Kier alpha value is -4.93. The monoisotopic (exact) mass is 545 g/mol. The Morgan fingerprint density at radius 2 is 1.62 bits per heavy atom. The molecule has 3 amide bonds. The number of aromatic nitrogens is 4. The van der Waals surface area contributed by atoms with Gasteiger partial charge in [0.15, 0.2) is 0 Å². The predicted molar refractivity (Wildman–Crippen MR) is 156 cm³/mol. The largest absolute Gasteiger partial charge is 0.456 e. The zero-order valence-corrected chi connectivity index (χ0v) is 23.6. The average molecular weight is 546 g/mol. The van der Waals surface area contributed by atoms with Crippen molar-refractivity contribution in [1.29, 1.82) is 0 Å². The molecule has 0 bridgehead atoms. The molecule has 0 radical (unpaired) electrons. The van der Waals surface area contributed by atoms with Crippen molar-refractivity contribution in [1.82, 2.24) is 24.2 Å². The van der Waals surface area contributed by atoms with Crippen LogP contribution in [0, 0.1) is 6.92 Å². The Bertz CT molecular complexity index is 1490. The smallest absolute Gasteiger partial charge is 0.322 e. The first kappa shape index (κ1) is 29.6. The molecule has 3 heterocycles. The lowest BCUT2D eigenvalue weighted by Gasteiger charge is -2.18. The van der Waals surface area contributed by atoms with Crippen LogP contribution in [0.5, 0.6) is 11.5 Å². The highest BCUT2D eigenvalue weighted by Crippen LogP contribution is 2.23. The Labute approximate surface area is 233 Å². The van der Waals surface area contributed by atoms with Crippen LogP contribution in [0.25, 0.3) is 5.69 Å². The number of rotatable bonds is 8. The number of carbonyl (C=O) groups excluding carboxylic acids is 2. The topological polar surface area (TPSA) is 123 Å². The lowest BCUT2D eigenvalue weighted by molar-refractivity contribution is 0.102. The standard InChI is InChI=1S/C27H29N7O4.C2H6/c1-5-33(6-2)27(37)31-23-16-20(14-15-28-23)38-21-12-13-22(29-17-21)30-25(35)24-18(3)32(4)34(26(24)36)19-10-8-7-9-11-19;1-2/h7-17H,5-6H2,1-4H3,(H,28,31,37)(H,29,30,35);1-2H3. The minimum Gasteiger partial charge on any atom is -0.456 e. The van der Waals surface area contributed by atoms with Crippen molar-refractivity contribution in [3.05, 3.63) is 88.6 Å². The highest BCUT2D eigenvalue weighted by atomic mass is 16.5. The van der Waals surface area contributed by atoms with E-state index in [9.17, 15) is 14.4 Å². The van der Waals surface area contributed by atoms with Crippen LogP contribution in [-0.2, 0) is 7.05 Å². The van der Waals surface area contributed by atoms with Gasteiger partial charge < -0.3 is 15.0 Å². The fourth-order valence-electron chi connectivity index (χ4n) is 3.90. The Kier molecular flexibility index (Phi) is 10.2. The first-order valence-electron chi connectivity index (χ1n) is 13.1. The van der Waals surface area contributed by atoms with Crippen LogP contribution in [0.15, 0.2) is 71.8 Å². The van der Waals surface area contributed by atoms with Gasteiger partial charge in [-0.1, -0.05) is 32.0 Å². The molecule has 0 aliphatic heterocycles. The molecule has 0 saturated carbocycles. The van der Waals surface area contributed by atoms with Gasteiger partial charge in [0.05, 0.1) is 17.6 Å². The summed E-state index contributed by atoms with van der Waals surface area (Å²) in [6, 6.07) is 15.3. The molecule has 4 aromatic rings. The third-order valence-electron chi connectivity index (χ3n) is 6.01. The molecule has 40 heavy (non-hydrogen) atoms. The van der Waals surface area contributed by atoms with Crippen LogP contribution < -0.4 is 20.9 Å². The number of para-hydroxylation sites is 1. The fraction of sp³-hybridized carbons (Fsp3) is 0.276. The maximum atomic E-state index is 13.1. The fourth-order valence-corrected chi connectivity index (χ4v) is 3.90. The summed E-state index contributed by atoms with van der Waals surface area (Å²) in [7, 11) is 1.73. The van der Waals surface area contributed by atoms with Crippen molar-refractivity contribution >= 4 is 23.6 Å². The van der Waals surface area contributed by atoms with Gasteiger partial charge in [-0.05, 0) is 51.1 Å². The molecule has 0 saturated heterocycles. The third kappa shape index (κ3) is 6.73. The summed E-state index contributed by atoms with van der Waals surface area (Å²) in [5.74, 6) is 0.933. The van der Waals surface area contributed by atoms with E-state index in [0.717, 1.165) is 0 Å². The number of pyridine rings is 2. The van der Waals surface area contributed by atoms with Gasteiger partial charge in [-0.15, -0.1) is 0 Å². The van der Waals surface area contributed by atoms with Gasteiger partial charge in [-0.3, -0.25) is 19.6 Å². The van der Waals surface area contributed by atoms with E-state index < -0.39 is 11.5 Å². The van der Waals surface area contributed by atoms with Gasteiger partial charge in [0.1, 0.15) is 28.7 Å². The second-order valence-electron chi connectivity index (χ2n) is 8.35. The number of urea groups is 1. The molecule has 11 nitrogen and oxygen atoms in total. The molecule has 0 aliphatic rings. The van der Waals surface area contributed by atoms with Crippen molar-refractivity contribution in [2.75, 3.05) is 23.7 Å². The molecule has 0 unspecified atom stereocenters. The van der Waals surface area contributed by atoms with Crippen molar-refractivity contribution in [2.24, 2.45) is 7.05 Å². The van der Waals surface area contributed by atoms with Crippen molar-refractivity contribution in [3.8, 4) is 17.2 Å². The highest BCUT2D eigenvalue weighted by Gasteiger charge is 2.22. The molecule has 210 valence electrons. The SMILES string of the molecule is CC.CCN(CC)C(=O)Nc1cc(Oc2ccc(NC(=O)c3c(C)n(C)n(-c4ccccc4)c3=O)nc2)ccn1. The lowest BCUT2D eigenvalue weighted by Crippen LogP contribution is -2.34. The van der Waals surface area contributed by atoms with E-state index in [2.05, 4.69) is 20.6 Å². The zero-order chi connectivity index (χ0) is 29.2. The quantitative estimate of drug-likeness (QED) is 0.313. The minimum absolute atomic E-state index is 0.0366. The average Bonchev–Trinajstić information content (AvgIpc) is 3.19. The van der Waals surface area contributed by atoms with Crippen LogP contribution in [0.3, 0.4) is 0 Å². The molecule has 1 aromatic carbocycles. The number of amides is 3. The Balaban J connectivity index is 0.00000216. The molecule has 0 spiro atoms. The summed E-state index contributed by atoms with van der Waals surface area (Å²) < 4.78 is 8.92. The molecule has 2 N–H and O–H groups in total. The van der Waals surface area contributed by atoms with E-state index in [0.29, 0.717) is 41.8 Å². The zero-order valence-electron chi connectivity index (χ0n) is 23.6. The van der Waals surface area contributed by atoms with Crippen LogP contribution >= 0.6 is 0 Å². The maximum Gasteiger partial charge on any atom is 0.322 e. The van der Waals surface area contributed by atoms with E-state index in [1.165, 1.54) is 17.1 Å². The van der Waals surface area contributed by atoms with Gasteiger partial charge in [0.25, 0.3) is 11.5 Å². The van der Waals surface area contributed by atoms with Gasteiger partial charge in [-0.25, -0.2) is 19.4 Å². The number of hydrogen-bond donors (Lipinski definition) is 2. The number of nitrogens with one attached hydrogen (secondary N) is 2. The molecule has 0 fully saturated rings.